The Morgan fingerprint density at radius 2 is 2.11 bits per heavy atom. The van der Waals surface area contributed by atoms with Gasteiger partial charge in [-0.2, -0.15) is 11.8 Å². The zero-order chi connectivity index (χ0) is 13.4. The number of rotatable bonds is 6. The Bertz CT molecular complexity index is 282. The van der Waals surface area contributed by atoms with Crippen LogP contribution in [-0.2, 0) is 4.79 Å². The van der Waals surface area contributed by atoms with Gasteiger partial charge in [-0.25, -0.2) is 9.59 Å². The van der Waals surface area contributed by atoms with E-state index in [-0.39, 0.29) is 19.0 Å². The Morgan fingerprint density at radius 1 is 1.33 bits per heavy atom. The summed E-state index contributed by atoms with van der Waals surface area (Å²) >= 11 is 1.88. The molecule has 1 fully saturated rings. The number of thioether (sulfide) groups is 1. The maximum absolute atomic E-state index is 11.4. The molecule has 0 saturated carbocycles. The van der Waals surface area contributed by atoms with Crippen molar-refractivity contribution >= 4 is 23.8 Å². The van der Waals surface area contributed by atoms with Crippen molar-refractivity contribution < 1.29 is 19.8 Å². The average Bonchev–Trinajstić information content (AvgIpc) is 2.37. The smallest absolute Gasteiger partial charge is 0.332 e. The molecule has 2 amide bonds. The SMILES string of the molecule is O=C(NCCC(O)C(=O)O)NCC1CCCCS1. The van der Waals surface area contributed by atoms with Crippen LogP contribution >= 0.6 is 11.8 Å². The number of carbonyl (C=O) groups is 2. The van der Waals surface area contributed by atoms with Crippen LogP contribution in [0.15, 0.2) is 0 Å². The fourth-order valence-electron chi connectivity index (χ4n) is 1.68. The molecule has 2 unspecified atom stereocenters. The lowest BCUT2D eigenvalue weighted by molar-refractivity contribution is -0.146. The molecule has 1 aliphatic heterocycles. The maximum Gasteiger partial charge on any atom is 0.332 e. The molecule has 0 aromatic heterocycles. The number of nitrogens with one attached hydrogen (secondary N) is 2. The average molecular weight is 276 g/mol. The molecule has 18 heavy (non-hydrogen) atoms. The molecule has 0 radical (unpaired) electrons. The number of carboxylic acid groups (broad SMARTS) is 1. The number of carboxylic acids is 1. The highest BCUT2D eigenvalue weighted by Crippen LogP contribution is 2.24. The van der Waals surface area contributed by atoms with E-state index in [1.807, 2.05) is 11.8 Å². The fraction of sp³-hybridized carbons (Fsp3) is 0.818. The van der Waals surface area contributed by atoms with Crippen molar-refractivity contribution in [3.05, 3.63) is 0 Å². The molecule has 6 nitrogen and oxygen atoms in total. The van der Waals surface area contributed by atoms with Crippen molar-refractivity contribution in [2.75, 3.05) is 18.8 Å². The van der Waals surface area contributed by atoms with E-state index < -0.39 is 12.1 Å². The van der Waals surface area contributed by atoms with Crippen LogP contribution in [0.4, 0.5) is 4.79 Å². The van der Waals surface area contributed by atoms with Crippen LogP contribution in [0.2, 0.25) is 0 Å². The lowest BCUT2D eigenvalue weighted by Gasteiger charge is -2.21. The molecule has 0 aromatic carbocycles. The summed E-state index contributed by atoms with van der Waals surface area (Å²) < 4.78 is 0. The van der Waals surface area contributed by atoms with Crippen LogP contribution in [0.25, 0.3) is 0 Å². The van der Waals surface area contributed by atoms with Crippen LogP contribution in [0.5, 0.6) is 0 Å². The van der Waals surface area contributed by atoms with E-state index in [0.717, 1.165) is 12.2 Å². The summed E-state index contributed by atoms with van der Waals surface area (Å²) in [5.41, 5.74) is 0. The Labute approximate surface area is 111 Å². The van der Waals surface area contributed by atoms with Crippen molar-refractivity contribution in [1.82, 2.24) is 10.6 Å². The second kappa shape index (κ2) is 8.20. The first-order valence-corrected chi connectivity index (χ1v) is 7.18. The van der Waals surface area contributed by atoms with Crippen LogP contribution in [-0.4, -0.2) is 52.4 Å². The molecule has 4 N–H and O–H groups in total. The molecular formula is C11H20N2O4S. The van der Waals surface area contributed by atoms with E-state index in [1.54, 1.807) is 0 Å². The molecule has 1 saturated heterocycles. The number of aliphatic hydroxyl groups is 1. The Kier molecular flexibility index (Phi) is 6.89. The van der Waals surface area contributed by atoms with Crippen molar-refractivity contribution in [2.24, 2.45) is 0 Å². The molecule has 0 spiro atoms. The van der Waals surface area contributed by atoms with Crippen molar-refractivity contribution in [3.63, 3.8) is 0 Å². The van der Waals surface area contributed by atoms with E-state index in [1.165, 1.54) is 12.8 Å². The lowest BCUT2D eigenvalue weighted by atomic mass is 10.2. The Morgan fingerprint density at radius 3 is 2.72 bits per heavy atom. The minimum absolute atomic E-state index is 0.0148. The minimum atomic E-state index is -1.42. The van der Waals surface area contributed by atoms with Gasteiger partial charge in [-0.05, 0) is 18.6 Å². The molecule has 0 bridgehead atoms. The first kappa shape index (κ1) is 15.1. The summed E-state index contributed by atoms with van der Waals surface area (Å²) in [6, 6.07) is -0.307. The van der Waals surface area contributed by atoms with Gasteiger partial charge in [-0.1, -0.05) is 6.42 Å². The van der Waals surface area contributed by atoms with Gasteiger partial charge in [-0.15, -0.1) is 0 Å². The quantitative estimate of drug-likeness (QED) is 0.563. The third-order valence-corrected chi connectivity index (χ3v) is 4.15. The van der Waals surface area contributed by atoms with E-state index in [2.05, 4.69) is 10.6 Å². The van der Waals surface area contributed by atoms with E-state index in [4.69, 9.17) is 10.2 Å². The van der Waals surface area contributed by atoms with E-state index >= 15 is 0 Å². The summed E-state index contributed by atoms with van der Waals surface area (Å²) in [6.45, 7) is 0.787. The summed E-state index contributed by atoms with van der Waals surface area (Å²) in [5, 5.41) is 23.2. The predicted molar refractivity (Wildman–Crippen MR) is 69.8 cm³/mol. The molecule has 104 valence electrons. The number of hydrogen-bond acceptors (Lipinski definition) is 4. The van der Waals surface area contributed by atoms with Gasteiger partial charge in [0.15, 0.2) is 6.10 Å². The zero-order valence-corrected chi connectivity index (χ0v) is 11.0. The van der Waals surface area contributed by atoms with Gasteiger partial charge in [0.2, 0.25) is 0 Å². The summed E-state index contributed by atoms with van der Waals surface area (Å²) in [7, 11) is 0. The Hall–Kier alpha value is -0.950. The van der Waals surface area contributed by atoms with Gasteiger partial charge in [0.1, 0.15) is 0 Å². The third-order valence-electron chi connectivity index (χ3n) is 2.75. The topological polar surface area (TPSA) is 98.7 Å². The monoisotopic (exact) mass is 276 g/mol. The van der Waals surface area contributed by atoms with Gasteiger partial charge in [0, 0.05) is 24.8 Å². The molecular weight excluding hydrogens is 256 g/mol. The highest BCUT2D eigenvalue weighted by atomic mass is 32.2. The van der Waals surface area contributed by atoms with E-state index in [0.29, 0.717) is 11.8 Å². The van der Waals surface area contributed by atoms with Crippen LogP contribution in [0, 0.1) is 0 Å². The molecule has 2 atom stereocenters. The zero-order valence-electron chi connectivity index (χ0n) is 10.2. The molecule has 7 heteroatoms. The Balaban J connectivity index is 2.04. The first-order chi connectivity index (χ1) is 8.59. The summed E-state index contributed by atoms with van der Waals surface area (Å²) in [4.78, 5) is 21.7. The second-order valence-corrected chi connectivity index (χ2v) is 5.68. The van der Waals surface area contributed by atoms with Gasteiger partial charge in [0.05, 0.1) is 0 Å². The van der Waals surface area contributed by atoms with Gasteiger partial charge >= 0.3 is 12.0 Å². The van der Waals surface area contributed by atoms with Crippen LogP contribution in [0.3, 0.4) is 0 Å². The van der Waals surface area contributed by atoms with E-state index in [9.17, 15) is 9.59 Å². The third kappa shape index (κ3) is 6.11. The van der Waals surface area contributed by atoms with Gasteiger partial charge in [-0.3, -0.25) is 0 Å². The number of carbonyl (C=O) groups excluding carboxylic acids is 1. The largest absolute Gasteiger partial charge is 0.479 e. The highest BCUT2D eigenvalue weighted by molar-refractivity contribution is 7.99. The first-order valence-electron chi connectivity index (χ1n) is 6.13. The number of hydrogen-bond donors (Lipinski definition) is 4. The molecule has 0 aliphatic carbocycles. The minimum Gasteiger partial charge on any atom is -0.479 e. The number of aliphatic carboxylic acids is 1. The van der Waals surface area contributed by atoms with Crippen molar-refractivity contribution in [3.8, 4) is 0 Å². The maximum atomic E-state index is 11.4. The lowest BCUT2D eigenvalue weighted by Crippen LogP contribution is -2.40. The molecule has 0 aromatic rings. The van der Waals surface area contributed by atoms with Crippen LogP contribution < -0.4 is 10.6 Å². The standard InChI is InChI=1S/C11H20N2O4S/c14-9(10(15)16)4-5-12-11(17)13-7-8-3-1-2-6-18-8/h8-9,14H,1-7H2,(H,15,16)(H2,12,13,17). The van der Waals surface area contributed by atoms with Crippen LogP contribution in [0.1, 0.15) is 25.7 Å². The second-order valence-electron chi connectivity index (χ2n) is 4.27. The van der Waals surface area contributed by atoms with Crippen molar-refractivity contribution in [1.29, 1.82) is 0 Å². The summed E-state index contributed by atoms with van der Waals surface area (Å²) in [6.07, 6.45) is 2.19. The molecule has 1 heterocycles. The summed E-state index contributed by atoms with van der Waals surface area (Å²) in [5.74, 6) is -0.116. The molecule has 1 rings (SSSR count). The number of amides is 2. The van der Waals surface area contributed by atoms with Gasteiger partial charge < -0.3 is 20.8 Å². The fourth-order valence-corrected chi connectivity index (χ4v) is 2.92. The molecule has 1 aliphatic rings. The highest BCUT2D eigenvalue weighted by Gasteiger charge is 2.15. The van der Waals surface area contributed by atoms with Gasteiger partial charge in [0.25, 0.3) is 0 Å². The predicted octanol–water partition coefficient (Wildman–Crippen LogP) is 0.407. The van der Waals surface area contributed by atoms with Crippen molar-refractivity contribution in [2.45, 2.75) is 37.0 Å². The normalized spacial score (nSPS) is 21.1. The number of urea groups is 1. The number of aliphatic hydroxyl groups excluding tert-OH is 1.